The van der Waals surface area contributed by atoms with Crippen molar-refractivity contribution in [1.29, 1.82) is 0 Å². The van der Waals surface area contributed by atoms with E-state index in [1.165, 1.54) is 0 Å². The van der Waals surface area contributed by atoms with Crippen LogP contribution < -0.4 is 5.32 Å². The van der Waals surface area contributed by atoms with Gasteiger partial charge < -0.3 is 14.8 Å². The fraction of sp³-hybridized carbons (Fsp3) is 1.00. The highest BCUT2D eigenvalue weighted by Crippen LogP contribution is 2.21. The summed E-state index contributed by atoms with van der Waals surface area (Å²) in [6.07, 6.45) is 1.46. The van der Waals surface area contributed by atoms with E-state index < -0.39 is 0 Å². The van der Waals surface area contributed by atoms with E-state index in [9.17, 15) is 0 Å². The Morgan fingerprint density at radius 3 is 2.88 bits per heavy atom. The van der Waals surface area contributed by atoms with Crippen LogP contribution in [-0.4, -0.2) is 62.0 Å². The number of likely N-dealkylation sites (N-methyl/N-ethyl adjacent to an activating group) is 1. The van der Waals surface area contributed by atoms with Gasteiger partial charge in [-0.2, -0.15) is 0 Å². The molecule has 0 amide bonds. The molecule has 0 aromatic heterocycles. The molecule has 2 aliphatic rings. The van der Waals surface area contributed by atoms with Gasteiger partial charge in [-0.3, -0.25) is 4.90 Å². The lowest BCUT2D eigenvalue weighted by Crippen LogP contribution is -2.61. The summed E-state index contributed by atoms with van der Waals surface area (Å²) in [5, 5.41) is 3.60. The molecular weight excluding hydrogens is 216 g/mol. The Morgan fingerprint density at radius 2 is 2.12 bits per heavy atom. The number of morpholine rings is 1. The third-order valence-corrected chi connectivity index (χ3v) is 3.87. The van der Waals surface area contributed by atoms with E-state index in [0.717, 1.165) is 39.3 Å². The Morgan fingerprint density at radius 1 is 1.29 bits per heavy atom. The average Bonchev–Trinajstić information content (AvgIpc) is 2.34. The Bertz CT molecular complexity index is 235. The second-order valence-corrected chi connectivity index (χ2v) is 5.28. The maximum Gasteiger partial charge on any atom is 0.0674 e. The first-order valence-corrected chi connectivity index (χ1v) is 6.90. The molecule has 4 atom stereocenters. The van der Waals surface area contributed by atoms with Crippen molar-refractivity contribution in [2.75, 3.05) is 32.9 Å². The molecular formula is C13H26N2O2. The summed E-state index contributed by atoms with van der Waals surface area (Å²) in [7, 11) is 0. The van der Waals surface area contributed by atoms with Crippen molar-refractivity contribution in [2.24, 2.45) is 0 Å². The highest BCUT2D eigenvalue weighted by atomic mass is 16.5. The standard InChI is InChI=1S/C13H26N2O2/c1-4-14-12-5-6-16-9-13(12)15-7-11(3)17-8-10(15)2/h10-14H,4-9H2,1-3H3. The Hall–Kier alpha value is -0.160. The normalized spacial score (nSPS) is 40.4. The Labute approximate surface area is 105 Å². The number of hydrogen-bond acceptors (Lipinski definition) is 4. The molecule has 100 valence electrons. The summed E-state index contributed by atoms with van der Waals surface area (Å²) < 4.78 is 11.4. The van der Waals surface area contributed by atoms with Crippen LogP contribution in [0.2, 0.25) is 0 Å². The van der Waals surface area contributed by atoms with Crippen LogP contribution in [0.3, 0.4) is 0 Å². The van der Waals surface area contributed by atoms with Gasteiger partial charge in [0.2, 0.25) is 0 Å². The molecule has 2 heterocycles. The van der Waals surface area contributed by atoms with E-state index in [0.29, 0.717) is 24.2 Å². The SMILES string of the molecule is CCNC1CCOCC1N1CC(C)OCC1C. The van der Waals surface area contributed by atoms with Gasteiger partial charge in [0.05, 0.1) is 19.3 Å². The Balaban J connectivity index is 2.01. The van der Waals surface area contributed by atoms with Gasteiger partial charge in [-0.05, 0) is 26.8 Å². The maximum atomic E-state index is 5.70. The van der Waals surface area contributed by atoms with Crippen molar-refractivity contribution < 1.29 is 9.47 Å². The predicted molar refractivity (Wildman–Crippen MR) is 68.3 cm³/mol. The molecule has 2 saturated heterocycles. The summed E-state index contributed by atoms with van der Waals surface area (Å²) in [6, 6.07) is 1.57. The van der Waals surface area contributed by atoms with Crippen molar-refractivity contribution in [3.05, 3.63) is 0 Å². The molecule has 0 spiro atoms. The van der Waals surface area contributed by atoms with Crippen LogP contribution in [-0.2, 0) is 9.47 Å². The fourth-order valence-corrected chi connectivity index (χ4v) is 2.94. The van der Waals surface area contributed by atoms with Gasteiger partial charge in [-0.15, -0.1) is 0 Å². The lowest BCUT2D eigenvalue weighted by molar-refractivity contribution is -0.0977. The molecule has 0 bridgehead atoms. The topological polar surface area (TPSA) is 33.7 Å². The van der Waals surface area contributed by atoms with Crippen LogP contribution in [0.15, 0.2) is 0 Å². The maximum absolute atomic E-state index is 5.70. The molecule has 2 rings (SSSR count). The highest BCUT2D eigenvalue weighted by molar-refractivity contribution is 4.91. The molecule has 4 unspecified atom stereocenters. The van der Waals surface area contributed by atoms with E-state index in [4.69, 9.17) is 9.47 Å². The lowest BCUT2D eigenvalue weighted by Gasteiger charge is -2.46. The molecule has 0 radical (unpaired) electrons. The zero-order valence-electron chi connectivity index (χ0n) is 11.3. The van der Waals surface area contributed by atoms with E-state index in [-0.39, 0.29) is 0 Å². The van der Waals surface area contributed by atoms with Crippen LogP contribution in [0, 0.1) is 0 Å². The molecule has 2 aliphatic heterocycles. The molecule has 0 aromatic carbocycles. The number of rotatable bonds is 3. The van der Waals surface area contributed by atoms with E-state index in [2.05, 4.69) is 31.0 Å². The predicted octanol–water partition coefficient (Wildman–Crippen LogP) is 0.863. The van der Waals surface area contributed by atoms with Crippen LogP contribution in [0.1, 0.15) is 27.2 Å². The minimum absolute atomic E-state index is 0.343. The van der Waals surface area contributed by atoms with Gasteiger partial charge in [-0.1, -0.05) is 6.92 Å². The summed E-state index contributed by atoms with van der Waals surface area (Å²) >= 11 is 0. The first-order chi connectivity index (χ1) is 8.22. The Kier molecular flexibility index (Phi) is 4.79. The largest absolute Gasteiger partial charge is 0.380 e. The molecule has 1 N–H and O–H groups in total. The fourth-order valence-electron chi connectivity index (χ4n) is 2.94. The van der Waals surface area contributed by atoms with Crippen LogP contribution in [0.25, 0.3) is 0 Å². The minimum atomic E-state index is 0.343. The summed E-state index contributed by atoms with van der Waals surface area (Å²) in [4.78, 5) is 2.57. The van der Waals surface area contributed by atoms with Gasteiger partial charge in [0.1, 0.15) is 0 Å². The van der Waals surface area contributed by atoms with Crippen LogP contribution >= 0.6 is 0 Å². The van der Waals surface area contributed by atoms with Gasteiger partial charge in [0.25, 0.3) is 0 Å². The van der Waals surface area contributed by atoms with Crippen molar-refractivity contribution in [2.45, 2.75) is 51.4 Å². The molecule has 0 aromatic rings. The van der Waals surface area contributed by atoms with Crippen molar-refractivity contribution in [1.82, 2.24) is 10.2 Å². The van der Waals surface area contributed by atoms with Crippen molar-refractivity contribution in [3.8, 4) is 0 Å². The number of nitrogens with zero attached hydrogens (tertiary/aromatic N) is 1. The van der Waals surface area contributed by atoms with Crippen molar-refractivity contribution in [3.63, 3.8) is 0 Å². The zero-order chi connectivity index (χ0) is 12.3. The second-order valence-electron chi connectivity index (χ2n) is 5.28. The lowest BCUT2D eigenvalue weighted by atomic mass is 9.99. The molecule has 4 heteroatoms. The number of nitrogens with one attached hydrogen (secondary N) is 1. The second kappa shape index (κ2) is 6.14. The first kappa shape index (κ1) is 13.3. The quantitative estimate of drug-likeness (QED) is 0.796. The van der Waals surface area contributed by atoms with Gasteiger partial charge in [-0.25, -0.2) is 0 Å². The third kappa shape index (κ3) is 3.19. The smallest absolute Gasteiger partial charge is 0.0674 e. The summed E-state index contributed by atoms with van der Waals surface area (Å²) in [5.74, 6) is 0. The van der Waals surface area contributed by atoms with E-state index in [1.54, 1.807) is 0 Å². The van der Waals surface area contributed by atoms with E-state index >= 15 is 0 Å². The molecule has 2 fully saturated rings. The van der Waals surface area contributed by atoms with Crippen LogP contribution in [0.5, 0.6) is 0 Å². The monoisotopic (exact) mass is 242 g/mol. The van der Waals surface area contributed by atoms with Gasteiger partial charge >= 0.3 is 0 Å². The number of ether oxygens (including phenoxy) is 2. The third-order valence-electron chi connectivity index (χ3n) is 3.87. The van der Waals surface area contributed by atoms with Gasteiger partial charge in [0, 0.05) is 31.3 Å². The first-order valence-electron chi connectivity index (χ1n) is 6.90. The molecule has 0 aliphatic carbocycles. The van der Waals surface area contributed by atoms with Gasteiger partial charge in [0.15, 0.2) is 0 Å². The summed E-state index contributed by atoms with van der Waals surface area (Å²) in [6.45, 7) is 11.2. The zero-order valence-corrected chi connectivity index (χ0v) is 11.3. The highest BCUT2D eigenvalue weighted by Gasteiger charge is 2.35. The molecule has 4 nitrogen and oxygen atoms in total. The minimum Gasteiger partial charge on any atom is -0.380 e. The van der Waals surface area contributed by atoms with E-state index in [1.807, 2.05) is 0 Å². The van der Waals surface area contributed by atoms with Crippen LogP contribution in [0.4, 0.5) is 0 Å². The molecule has 17 heavy (non-hydrogen) atoms. The summed E-state index contributed by atoms with van der Waals surface area (Å²) in [5.41, 5.74) is 0. The molecule has 0 saturated carbocycles. The number of hydrogen-bond donors (Lipinski definition) is 1. The van der Waals surface area contributed by atoms with Crippen molar-refractivity contribution >= 4 is 0 Å². The average molecular weight is 242 g/mol.